The van der Waals surface area contributed by atoms with E-state index in [1.165, 1.54) is 18.5 Å². The van der Waals surface area contributed by atoms with E-state index < -0.39 is 17.7 Å². The monoisotopic (exact) mass is 236 g/mol. The number of aromatic amines is 1. The van der Waals surface area contributed by atoms with Crippen LogP contribution < -0.4 is 27.1 Å². The second kappa shape index (κ2) is 4.30. The zero-order valence-corrected chi connectivity index (χ0v) is 8.84. The van der Waals surface area contributed by atoms with Crippen LogP contribution in [0.1, 0.15) is 0 Å². The molecule has 0 aromatic carbocycles. The standard InChI is InChI=1S/C10H12N4O3/c11-7-5(1-3-13-9(7)15)17-6-2-4-14-10(16)8(6)12/h1-5,7H,11-12H2,(H,13,15)(H,14,16). The van der Waals surface area contributed by atoms with Crippen LogP contribution in [0.4, 0.5) is 5.69 Å². The van der Waals surface area contributed by atoms with Crippen molar-refractivity contribution >= 4 is 11.6 Å². The van der Waals surface area contributed by atoms with Crippen molar-refractivity contribution in [1.29, 1.82) is 0 Å². The molecule has 0 spiro atoms. The summed E-state index contributed by atoms with van der Waals surface area (Å²) >= 11 is 0. The normalized spacial score (nSPS) is 23.2. The first-order valence-electron chi connectivity index (χ1n) is 4.96. The van der Waals surface area contributed by atoms with Crippen molar-refractivity contribution in [2.24, 2.45) is 5.73 Å². The van der Waals surface area contributed by atoms with Crippen molar-refractivity contribution in [2.75, 3.05) is 5.73 Å². The van der Waals surface area contributed by atoms with E-state index in [4.69, 9.17) is 16.2 Å². The first kappa shape index (κ1) is 11.2. The number of anilines is 1. The van der Waals surface area contributed by atoms with Gasteiger partial charge >= 0.3 is 0 Å². The highest BCUT2D eigenvalue weighted by atomic mass is 16.5. The Morgan fingerprint density at radius 1 is 1.35 bits per heavy atom. The molecule has 0 bridgehead atoms. The number of nitrogens with two attached hydrogens (primary N) is 2. The molecule has 1 aliphatic rings. The summed E-state index contributed by atoms with van der Waals surface area (Å²) in [5, 5.41) is 2.45. The molecule has 0 saturated heterocycles. The predicted octanol–water partition coefficient (Wildman–Crippen LogP) is -1.32. The Kier molecular flexibility index (Phi) is 2.84. The molecule has 1 aromatic heterocycles. The molecule has 0 radical (unpaired) electrons. The van der Waals surface area contributed by atoms with E-state index in [9.17, 15) is 9.59 Å². The first-order chi connectivity index (χ1) is 8.09. The fourth-order valence-electron chi connectivity index (χ4n) is 1.42. The van der Waals surface area contributed by atoms with E-state index in [1.807, 2.05) is 0 Å². The Hall–Kier alpha value is -2.28. The van der Waals surface area contributed by atoms with Gasteiger partial charge in [0.05, 0.1) is 0 Å². The molecular formula is C10H12N4O3. The van der Waals surface area contributed by atoms with Crippen LogP contribution in [-0.4, -0.2) is 23.0 Å². The quantitative estimate of drug-likeness (QED) is 0.507. The van der Waals surface area contributed by atoms with E-state index in [0.717, 1.165) is 0 Å². The molecule has 2 heterocycles. The summed E-state index contributed by atoms with van der Waals surface area (Å²) in [6.45, 7) is 0. The number of hydrogen-bond acceptors (Lipinski definition) is 5. The Morgan fingerprint density at radius 2 is 2.12 bits per heavy atom. The van der Waals surface area contributed by atoms with Gasteiger partial charge in [0.15, 0.2) is 0 Å². The molecule has 1 aromatic rings. The maximum Gasteiger partial charge on any atom is 0.274 e. The minimum absolute atomic E-state index is 0.0425. The van der Waals surface area contributed by atoms with Crippen LogP contribution in [0.5, 0.6) is 5.75 Å². The van der Waals surface area contributed by atoms with Gasteiger partial charge in [0, 0.05) is 12.4 Å². The molecule has 90 valence electrons. The number of aromatic nitrogens is 1. The van der Waals surface area contributed by atoms with Crippen LogP contribution in [0.15, 0.2) is 29.3 Å². The van der Waals surface area contributed by atoms with Crippen molar-refractivity contribution in [3.8, 4) is 5.75 Å². The van der Waals surface area contributed by atoms with Crippen LogP contribution in [0, 0.1) is 0 Å². The van der Waals surface area contributed by atoms with Crippen molar-refractivity contribution in [3.63, 3.8) is 0 Å². The van der Waals surface area contributed by atoms with Gasteiger partial charge in [0.2, 0.25) is 5.91 Å². The smallest absolute Gasteiger partial charge is 0.274 e. The number of hydrogen-bond donors (Lipinski definition) is 4. The predicted molar refractivity (Wildman–Crippen MR) is 61.1 cm³/mol. The minimum atomic E-state index is -0.835. The number of pyridine rings is 1. The summed E-state index contributed by atoms with van der Waals surface area (Å²) in [5.74, 6) is -0.144. The third-order valence-corrected chi connectivity index (χ3v) is 2.39. The van der Waals surface area contributed by atoms with E-state index >= 15 is 0 Å². The summed E-state index contributed by atoms with van der Waals surface area (Å²) < 4.78 is 5.43. The Bertz CT molecular complexity index is 523. The molecule has 0 saturated carbocycles. The zero-order valence-electron chi connectivity index (χ0n) is 8.84. The fraction of sp³-hybridized carbons (Fsp3) is 0.200. The second-order valence-electron chi connectivity index (χ2n) is 3.56. The van der Waals surface area contributed by atoms with Crippen LogP contribution in [0.25, 0.3) is 0 Å². The number of ether oxygens (including phenoxy) is 1. The summed E-state index contributed by atoms with van der Waals surface area (Å²) in [6.07, 6.45) is 3.80. The van der Waals surface area contributed by atoms with Gasteiger partial charge in [-0.05, 0) is 12.1 Å². The van der Waals surface area contributed by atoms with Gasteiger partial charge in [-0.1, -0.05) is 0 Å². The van der Waals surface area contributed by atoms with Crippen LogP contribution in [-0.2, 0) is 4.79 Å². The second-order valence-corrected chi connectivity index (χ2v) is 3.56. The van der Waals surface area contributed by atoms with Gasteiger partial charge in [0.1, 0.15) is 23.6 Å². The molecule has 6 N–H and O–H groups in total. The lowest BCUT2D eigenvalue weighted by molar-refractivity contribution is -0.123. The topological polar surface area (TPSA) is 123 Å². The van der Waals surface area contributed by atoms with Crippen LogP contribution in [0.2, 0.25) is 0 Å². The SMILES string of the molecule is Nc1c(OC2C=CNC(=O)C2N)cc[nH]c1=O. The average molecular weight is 236 g/mol. The highest BCUT2D eigenvalue weighted by molar-refractivity contribution is 5.84. The van der Waals surface area contributed by atoms with Gasteiger partial charge in [-0.3, -0.25) is 9.59 Å². The van der Waals surface area contributed by atoms with E-state index in [0.29, 0.717) is 0 Å². The number of amides is 1. The molecular weight excluding hydrogens is 224 g/mol. The van der Waals surface area contributed by atoms with E-state index in [1.54, 1.807) is 6.08 Å². The van der Waals surface area contributed by atoms with Gasteiger partial charge in [0.25, 0.3) is 5.56 Å². The molecule has 2 unspecified atom stereocenters. The first-order valence-corrected chi connectivity index (χ1v) is 4.96. The average Bonchev–Trinajstić information content (AvgIpc) is 2.31. The number of carbonyl (C=O) groups is 1. The highest BCUT2D eigenvalue weighted by Gasteiger charge is 2.27. The summed E-state index contributed by atoms with van der Waals surface area (Å²) in [6, 6.07) is 0.669. The molecule has 17 heavy (non-hydrogen) atoms. The number of rotatable bonds is 2. The molecule has 7 nitrogen and oxygen atoms in total. The summed E-state index contributed by atoms with van der Waals surface area (Å²) in [7, 11) is 0. The molecule has 1 amide bonds. The van der Waals surface area contributed by atoms with Crippen molar-refractivity contribution < 1.29 is 9.53 Å². The largest absolute Gasteiger partial charge is 0.482 e. The lowest BCUT2D eigenvalue weighted by Crippen LogP contribution is -2.51. The maximum atomic E-state index is 11.3. The molecule has 1 aliphatic heterocycles. The van der Waals surface area contributed by atoms with Gasteiger partial charge < -0.3 is 26.5 Å². The van der Waals surface area contributed by atoms with Gasteiger partial charge in [-0.25, -0.2) is 0 Å². The lowest BCUT2D eigenvalue weighted by atomic mass is 10.1. The number of H-pyrrole nitrogens is 1. The fourth-order valence-corrected chi connectivity index (χ4v) is 1.42. The third kappa shape index (κ3) is 2.13. The Morgan fingerprint density at radius 3 is 2.88 bits per heavy atom. The molecule has 0 aliphatic carbocycles. The van der Waals surface area contributed by atoms with Crippen molar-refractivity contribution in [1.82, 2.24) is 10.3 Å². The summed E-state index contributed by atoms with van der Waals surface area (Å²) in [4.78, 5) is 24.9. The van der Waals surface area contributed by atoms with Gasteiger partial charge in [-0.15, -0.1) is 0 Å². The molecule has 2 rings (SSSR count). The van der Waals surface area contributed by atoms with E-state index in [-0.39, 0.29) is 17.3 Å². The molecule has 7 heteroatoms. The number of carbonyl (C=O) groups excluding carboxylic acids is 1. The van der Waals surface area contributed by atoms with Crippen LogP contribution >= 0.6 is 0 Å². The van der Waals surface area contributed by atoms with Gasteiger partial charge in [-0.2, -0.15) is 0 Å². The molecule has 0 fully saturated rings. The van der Waals surface area contributed by atoms with Crippen molar-refractivity contribution in [2.45, 2.75) is 12.1 Å². The number of nitrogen functional groups attached to an aromatic ring is 1. The highest BCUT2D eigenvalue weighted by Crippen LogP contribution is 2.18. The van der Waals surface area contributed by atoms with Crippen molar-refractivity contribution in [3.05, 3.63) is 34.9 Å². The lowest BCUT2D eigenvalue weighted by Gasteiger charge is -2.24. The number of nitrogens with one attached hydrogen (secondary N) is 2. The Labute approximate surface area is 96.4 Å². The van der Waals surface area contributed by atoms with Crippen LogP contribution in [0.3, 0.4) is 0 Å². The molecule has 2 atom stereocenters. The zero-order chi connectivity index (χ0) is 12.4. The maximum absolute atomic E-state index is 11.3. The third-order valence-electron chi connectivity index (χ3n) is 2.39. The minimum Gasteiger partial charge on any atom is -0.482 e. The summed E-state index contributed by atoms with van der Waals surface area (Å²) in [5.41, 5.74) is 10.7. The Balaban J connectivity index is 2.24. The van der Waals surface area contributed by atoms with E-state index in [2.05, 4.69) is 10.3 Å².